The molecule has 0 N–H and O–H groups in total. The van der Waals surface area contributed by atoms with Crippen LogP contribution in [0.25, 0.3) is 0 Å². The van der Waals surface area contributed by atoms with Crippen molar-refractivity contribution >= 4 is 11.8 Å². The number of carbonyl (C=O) groups is 2. The zero-order valence-electron chi connectivity index (χ0n) is 14.0. The number of methoxy groups -OCH3 is 1. The van der Waals surface area contributed by atoms with E-state index < -0.39 is 0 Å². The summed E-state index contributed by atoms with van der Waals surface area (Å²) in [6, 6.07) is 3.71. The Hall–Kier alpha value is -1.82. The molecule has 2 fully saturated rings. The summed E-state index contributed by atoms with van der Waals surface area (Å²) in [6.45, 7) is 3.21. The summed E-state index contributed by atoms with van der Waals surface area (Å²) in [5.41, 5.74) is 0.300. The number of carbonyl (C=O) groups excluding carboxylic acids is 2. The van der Waals surface area contributed by atoms with Crippen LogP contribution in [0.2, 0.25) is 0 Å². The summed E-state index contributed by atoms with van der Waals surface area (Å²) in [5.74, 6) is 0.221. The first kappa shape index (κ1) is 16.1. The van der Waals surface area contributed by atoms with E-state index in [1.54, 1.807) is 7.11 Å². The highest BCUT2D eigenvalue weighted by molar-refractivity contribution is 5.94. The van der Waals surface area contributed by atoms with Crippen molar-refractivity contribution in [1.82, 2.24) is 14.4 Å². The highest BCUT2D eigenvalue weighted by Crippen LogP contribution is 2.40. The molecule has 6 nitrogen and oxygen atoms in total. The van der Waals surface area contributed by atoms with E-state index in [0.717, 1.165) is 25.8 Å². The molecular weight excluding hydrogens is 294 g/mol. The van der Waals surface area contributed by atoms with Crippen molar-refractivity contribution in [3.63, 3.8) is 0 Å². The first-order chi connectivity index (χ1) is 11.1. The van der Waals surface area contributed by atoms with Gasteiger partial charge in [0.25, 0.3) is 5.91 Å². The largest absolute Gasteiger partial charge is 0.383 e. The van der Waals surface area contributed by atoms with E-state index in [1.165, 1.54) is 0 Å². The van der Waals surface area contributed by atoms with Gasteiger partial charge >= 0.3 is 0 Å². The summed E-state index contributed by atoms with van der Waals surface area (Å²) in [4.78, 5) is 29.3. The predicted octanol–water partition coefficient (Wildman–Crippen LogP) is 1.13. The second-order valence-corrected chi connectivity index (χ2v) is 6.65. The Labute approximate surface area is 137 Å². The lowest BCUT2D eigenvalue weighted by Crippen LogP contribution is -2.51. The van der Waals surface area contributed by atoms with Crippen molar-refractivity contribution in [3.8, 4) is 0 Å². The minimum Gasteiger partial charge on any atom is -0.383 e. The van der Waals surface area contributed by atoms with Crippen LogP contribution in [0.5, 0.6) is 0 Å². The second-order valence-electron chi connectivity index (χ2n) is 6.65. The molecule has 0 saturated carbocycles. The minimum absolute atomic E-state index is 0.0242. The first-order valence-corrected chi connectivity index (χ1v) is 8.26. The number of hydrogen-bond acceptors (Lipinski definition) is 3. The quantitative estimate of drug-likeness (QED) is 0.836. The van der Waals surface area contributed by atoms with Crippen molar-refractivity contribution < 1.29 is 14.3 Å². The maximum atomic E-state index is 12.9. The molecular formula is C17H25N3O3. The lowest BCUT2D eigenvalue weighted by molar-refractivity contribution is -0.146. The monoisotopic (exact) mass is 319 g/mol. The van der Waals surface area contributed by atoms with Gasteiger partial charge in [0.15, 0.2) is 0 Å². The average molecular weight is 319 g/mol. The lowest BCUT2D eigenvalue weighted by atomic mass is 9.78. The van der Waals surface area contributed by atoms with Crippen LogP contribution in [0.15, 0.2) is 18.3 Å². The lowest BCUT2D eigenvalue weighted by Gasteiger charge is -2.39. The van der Waals surface area contributed by atoms with E-state index in [2.05, 4.69) is 0 Å². The van der Waals surface area contributed by atoms with Crippen molar-refractivity contribution in [2.24, 2.45) is 12.5 Å². The van der Waals surface area contributed by atoms with Gasteiger partial charge < -0.3 is 19.1 Å². The molecule has 3 heterocycles. The Morgan fingerprint density at radius 1 is 1.35 bits per heavy atom. The minimum atomic E-state index is -0.382. The zero-order chi connectivity index (χ0) is 16.4. The van der Waals surface area contributed by atoms with E-state index in [9.17, 15) is 9.59 Å². The maximum absolute atomic E-state index is 12.9. The number of nitrogens with zero attached hydrogens (tertiary/aromatic N) is 3. The number of aromatic nitrogens is 1. The molecule has 23 heavy (non-hydrogen) atoms. The van der Waals surface area contributed by atoms with Gasteiger partial charge in [0.1, 0.15) is 5.69 Å². The number of rotatable bonds is 4. The smallest absolute Gasteiger partial charge is 0.270 e. The van der Waals surface area contributed by atoms with Gasteiger partial charge in [-0.25, -0.2) is 0 Å². The number of hydrogen-bond donors (Lipinski definition) is 0. The molecule has 2 aliphatic heterocycles. The summed E-state index contributed by atoms with van der Waals surface area (Å²) in [7, 11) is 3.53. The van der Waals surface area contributed by atoms with Crippen LogP contribution in [0.4, 0.5) is 0 Å². The molecule has 0 radical (unpaired) electrons. The Morgan fingerprint density at radius 3 is 2.87 bits per heavy atom. The number of likely N-dealkylation sites (tertiary alicyclic amines) is 2. The molecule has 0 aliphatic carbocycles. The van der Waals surface area contributed by atoms with Gasteiger partial charge in [-0.15, -0.1) is 0 Å². The third-order valence-electron chi connectivity index (χ3n) is 5.19. The molecule has 2 amide bonds. The predicted molar refractivity (Wildman–Crippen MR) is 86.1 cm³/mol. The topological polar surface area (TPSA) is 54.8 Å². The molecule has 0 aromatic carbocycles. The van der Waals surface area contributed by atoms with Gasteiger partial charge in [-0.2, -0.15) is 0 Å². The van der Waals surface area contributed by atoms with Crippen LogP contribution >= 0.6 is 0 Å². The third kappa shape index (κ3) is 2.87. The third-order valence-corrected chi connectivity index (χ3v) is 5.19. The normalized spacial score (nSPS) is 24.7. The Morgan fingerprint density at radius 2 is 2.17 bits per heavy atom. The van der Waals surface area contributed by atoms with E-state index in [-0.39, 0.29) is 17.2 Å². The highest BCUT2D eigenvalue weighted by atomic mass is 16.5. The molecule has 2 saturated heterocycles. The van der Waals surface area contributed by atoms with Crippen LogP contribution in [0.1, 0.15) is 29.8 Å². The van der Waals surface area contributed by atoms with E-state index >= 15 is 0 Å². The molecule has 2 aliphatic rings. The molecule has 3 rings (SSSR count). The SMILES string of the molecule is COCCN1CCC[C@]2(CCN(C(=O)c3cccn3C)C2)C1=O. The van der Waals surface area contributed by atoms with Crippen molar-refractivity contribution in [3.05, 3.63) is 24.0 Å². The van der Waals surface area contributed by atoms with Crippen LogP contribution < -0.4 is 0 Å². The van der Waals surface area contributed by atoms with Gasteiger partial charge in [0, 0.05) is 46.5 Å². The van der Waals surface area contributed by atoms with Crippen LogP contribution in [-0.2, 0) is 16.6 Å². The van der Waals surface area contributed by atoms with Crippen molar-refractivity contribution in [1.29, 1.82) is 0 Å². The Bertz CT molecular complexity index is 598. The summed E-state index contributed by atoms with van der Waals surface area (Å²) in [5, 5.41) is 0. The molecule has 126 valence electrons. The second kappa shape index (κ2) is 6.35. The summed E-state index contributed by atoms with van der Waals surface area (Å²) < 4.78 is 6.94. The fourth-order valence-electron chi connectivity index (χ4n) is 3.84. The van der Waals surface area contributed by atoms with Crippen molar-refractivity contribution in [2.75, 3.05) is 39.9 Å². The summed E-state index contributed by atoms with van der Waals surface area (Å²) in [6.07, 6.45) is 4.52. The Kier molecular flexibility index (Phi) is 4.43. The first-order valence-electron chi connectivity index (χ1n) is 8.26. The van der Waals surface area contributed by atoms with Gasteiger partial charge in [-0.05, 0) is 31.4 Å². The van der Waals surface area contributed by atoms with E-state index in [0.29, 0.717) is 31.9 Å². The van der Waals surface area contributed by atoms with Crippen LogP contribution in [0.3, 0.4) is 0 Å². The van der Waals surface area contributed by atoms with Crippen LogP contribution in [-0.4, -0.2) is 66.1 Å². The Balaban J connectivity index is 1.71. The van der Waals surface area contributed by atoms with Gasteiger partial charge in [0.2, 0.25) is 5.91 Å². The maximum Gasteiger partial charge on any atom is 0.270 e. The number of aryl methyl sites for hydroxylation is 1. The molecule has 0 unspecified atom stereocenters. The average Bonchev–Trinajstić information content (AvgIpc) is 3.16. The van der Waals surface area contributed by atoms with Gasteiger partial charge in [-0.1, -0.05) is 0 Å². The number of ether oxygens (including phenoxy) is 1. The van der Waals surface area contributed by atoms with Crippen LogP contribution in [0, 0.1) is 5.41 Å². The highest BCUT2D eigenvalue weighted by Gasteiger charge is 2.49. The van der Waals surface area contributed by atoms with Crippen molar-refractivity contribution in [2.45, 2.75) is 19.3 Å². The standard InChI is InChI=1S/C17H25N3O3/c1-18-8-3-5-14(18)15(21)20-10-7-17(13-20)6-4-9-19(16(17)22)11-12-23-2/h3,5,8H,4,6-7,9-13H2,1-2H3/t17-/m1/s1. The number of amides is 2. The molecule has 1 aromatic rings. The van der Waals surface area contributed by atoms with Gasteiger partial charge in [0.05, 0.1) is 12.0 Å². The summed E-state index contributed by atoms with van der Waals surface area (Å²) >= 11 is 0. The fraction of sp³-hybridized carbons (Fsp3) is 0.647. The number of piperidine rings is 1. The molecule has 1 aromatic heterocycles. The van der Waals surface area contributed by atoms with E-state index in [4.69, 9.17) is 4.74 Å². The zero-order valence-corrected chi connectivity index (χ0v) is 14.0. The fourth-order valence-corrected chi connectivity index (χ4v) is 3.84. The molecule has 1 atom stereocenters. The molecule has 0 bridgehead atoms. The van der Waals surface area contributed by atoms with Gasteiger partial charge in [-0.3, -0.25) is 9.59 Å². The molecule has 6 heteroatoms. The molecule has 1 spiro atoms. The van der Waals surface area contributed by atoms with E-state index in [1.807, 2.05) is 39.7 Å².